The zero-order valence-electron chi connectivity index (χ0n) is 37.0. The summed E-state index contributed by atoms with van der Waals surface area (Å²) in [6.45, 7) is 5.17. The van der Waals surface area contributed by atoms with Gasteiger partial charge in [0.2, 0.25) is 5.91 Å². The molecule has 1 amide bonds. The predicted octanol–water partition coefficient (Wildman–Crippen LogP) is 10.6. The molecule has 11 rings (SSSR count). The molecule has 5 aromatic carbocycles. The van der Waals surface area contributed by atoms with Crippen molar-refractivity contribution in [3.8, 4) is 22.6 Å². The van der Waals surface area contributed by atoms with E-state index in [4.69, 9.17) is 9.47 Å². The Morgan fingerprint density at radius 1 is 0.746 bits per heavy atom. The minimum absolute atomic E-state index is 0.0349. The smallest absolute Gasteiger partial charge is 0.227 e. The van der Waals surface area contributed by atoms with E-state index < -0.39 is 27.9 Å². The maximum atomic E-state index is 15.7. The van der Waals surface area contributed by atoms with Crippen LogP contribution in [-0.2, 0) is 17.8 Å². The molecule has 0 aromatic heterocycles. The highest BCUT2D eigenvalue weighted by atomic mass is 16.5. The summed E-state index contributed by atoms with van der Waals surface area (Å²) in [5.74, 6) is 1.20. The van der Waals surface area contributed by atoms with Crippen molar-refractivity contribution in [1.82, 2.24) is 4.90 Å². The van der Waals surface area contributed by atoms with E-state index in [-0.39, 0.29) is 41.9 Å². The molecular formula is C56H59NO6. The number of nitrogens with zero attached hydrogens (tertiary/aromatic N) is 1. The van der Waals surface area contributed by atoms with Crippen LogP contribution in [0.1, 0.15) is 80.3 Å². The Kier molecular flexibility index (Phi) is 10.1. The third-order valence-electron chi connectivity index (χ3n) is 17.1. The van der Waals surface area contributed by atoms with Crippen molar-refractivity contribution in [3.05, 3.63) is 156 Å². The summed E-state index contributed by atoms with van der Waals surface area (Å²) in [7, 11) is 3.20. The summed E-state index contributed by atoms with van der Waals surface area (Å²) >= 11 is 0. The summed E-state index contributed by atoms with van der Waals surface area (Å²) in [6.07, 6.45) is 11.8. The molecule has 0 saturated heterocycles. The van der Waals surface area contributed by atoms with Crippen molar-refractivity contribution >= 4 is 22.5 Å². The third-order valence-corrected chi connectivity index (χ3v) is 17.1. The van der Waals surface area contributed by atoms with Crippen molar-refractivity contribution in [1.29, 1.82) is 0 Å². The van der Waals surface area contributed by atoms with Gasteiger partial charge >= 0.3 is 0 Å². The number of hydrogen-bond acceptors (Lipinski definition) is 6. The van der Waals surface area contributed by atoms with Gasteiger partial charge in [0.05, 0.1) is 38.9 Å². The lowest BCUT2D eigenvalue weighted by atomic mass is 9.32. The van der Waals surface area contributed by atoms with Gasteiger partial charge in [-0.2, -0.15) is 0 Å². The molecule has 7 heteroatoms. The fourth-order valence-electron chi connectivity index (χ4n) is 13.8. The standard InChI is InChI=1S/C56H59NO6/c1-52-26-23-41(58)33-54(52)29-30-56(45(34-54)51(60)44-20-11-10-19-43(44)39-13-6-5-7-14-39)48(52)24-27-53(2)49(56)25-28-55(53,61)36-57(35-40-17-12-16-38-15-8-9-18-42(38)40)50(59)32-37-21-22-46(62-3)47(31-37)63-4/h5-22,29-31,34,41,48-49,58,61H,23-28,32-33,35-36H2,1-4H3. The number of fused-ring (bicyclic) bond motifs is 2. The monoisotopic (exact) mass is 841 g/mol. The van der Waals surface area contributed by atoms with Gasteiger partial charge in [-0.15, -0.1) is 0 Å². The maximum absolute atomic E-state index is 15.7. The molecule has 0 radical (unpaired) electrons. The number of aliphatic hydroxyl groups excluding tert-OH is 1. The Balaban J connectivity index is 1.06. The number of carbonyl (C=O) groups excluding carboxylic acids is 2. The summed E-state index contributed by atoms with van der Waals surface area (Å²) in [5, 5.41) is 27.0. The molecule has 0 aliphatic heterocycles. The Hall–Kier alpha value is -5.50. The van der Waals surface area contributed by atoms with Gasteiger partial charge in [0.25, 0.3) is 0 Å². The summed E-state index contributed by atoms with van der Waals surface area (Å²) in [5.41, 5.74) is 2.11. The second-order valence-electron chi connectivity index (χ2n) is 19.8. The lowest BCUT2D eigenvalue weighted by Crippen LogP contribution is -2.67. The fourth-order valence-corrected chi connectivity index (χ4v) is 13.8. The van der Waals surface area contributed by atoms with Crippen LogP contribution in [0, 0.1) is 33.5 Å². The van der Waals surface area contributed by atoms with Crippen LogP contribution in [-0.4, -0.2) is 59.3 Å². The van der Waals surface area contributed by atoms with Gasteiger partial charge in [0.15, 0.2) is 17.3 Å². The van der Waals surface area contributed by atoms with Gasteiger partial charge < -0.3 is 24.6 Å². The number of benzene rings is 5. The SMILES string of the molecule is COc1ccc(CC(=O)N(Cc2cccc3ccccc23)CC2(O)CCC3C45C=CC6(C=C4C(=O)c4ccccc4-c4ccccc4)CC(O)CCC6(C)C5CCC32C)cc1OC. The molecule has 3 saturated carbocycles. The minimum Gasteiger partial charge on any atom is -0.493 e. The number of ketones is 1. The summed E-state index contributed by atoms with van der Waals surface area (Å²) in [6, 6.07) is 38.2. The van der Waals surface area contributed by atoms with Gasteiger partial charge in [-0.05, 0) is 107 Å². The van der Waals surface area contributed by atoms with Gasteiger partial charge in [-0.1, -0.05) is 135 Å². The Labute approximate surface area is 371 Å². The highest BCUT2D eigenvalue weighted by molar-refractivity contribution is 6.14. The van der Waals surface area contributed by atoms with E-state index in [1.165, 1.54) is 0 Å². The zero-order chi connectivity index (χ0) is 43.8. The largest absolute Gasteiger partial charge is 0.493 e. The first kappa shape index (κ1) is 41.5. The van der Waals surface area contributed by atoms with E-state index in [2.05, 4.69) is 68.5 Å². The Morgan fingerprint density at radius 3 is 2.25 bits per heavy atom. The molecule has 5 aromatic rings. The number of rotatable bonds is 11. The summed E-state index contributed by atoms with van der Waals surface area (Å²) in [4.78, 5) is 32.5. The van der Waals surface area contributed by atoms with Crippen molar-refractivity contribution in [2.24, 2.45) is 33.5 Å². The quantitative estimate of drug-likeness (QED) is 0.102. The van der Waals surface area contributed by atoms with Crippen molar-refractivity contribution in [3.63, 3.8) is 0 Å². The average molecular weight is 842 g/mol. The maximum Gasteiger partial charge on any atom is 0.227 e. The topological polar surface area (TPSA) is 96.3 Å². The van der Waals surface area contributed by atoms with Crippen molar-refractivity contribution in [2.45, 2.75) is 83.5 Å². The fraction of sp³-hybridized carbons (Fsp3) is 0.393. The van der Waals surface area contributed by atoms with Crippen molar-refractivity contribution < 1.29 is 29.3 Å². The van der Waals surface area contributed by atoms with Gasteiger partial charge in [-0.25, -0.2) is 0 Å². The third kappa shape index (κ3) is 6.28. The molecule has 7 nitrogen and oxygen atoms in total. The van der Waals surface area contributed by atoms with Gasteiger partial charge in [0, 0.05) is 33.9 Å². The number of methoxy groups -OCH3 is 2. The van der Waals surface area contributed by atoms with E-state index in [9.17, 15) is 15.0 Å². The lowest BCUT2D eigenvalue weighted by Gasteiger charge is -2.71. The molecule has 6 aliphatic rings. The van der Waals surface area contributed by atoms with E-state index in [0.717, 1.165) is 70.7 Å². The Bertz CT molecular complexity index is 2670. The minimum atomic E-state index is -1.24. The highest BCUT2D eigenvalue weighted by Gasteiger charge is 2.74. The van der Waals surface area contributed by atoms with Crippen molar-refractivity contribution in [2.75, 3.05) is 20.8 Å². The zero-order valence-corrected chi connectivity index (χ0v) is 37.0. The second-order valence-corrected chi connectivity index (χ2v) is 19.8. The molecule has 3 fully saturated rings. The highest BCUT2D eigenvalue weighted by Crippen LogP contribution is 2.78. The van der Waals surface area contributed by atoms with Crippen LogP contribution in [0.4, 0.5) is 0 Å². The van der Waals surface area contributed by atoms with Gasteiger partial charge in [0.1, 0.15) is 0 Å². The molecule has 8 atom stereocenters. The number of amides is 1. The normalized spacial score (nSPS) is 31.4. The van der Waals surface area contributed by atoms with E-state index in [1.807, 2.05) is 83.8 Å². The van der Waals surface area contributed by atoms with Crippen LogP contribution in [0.3, 0.4) is 0 Å². The number of aliphatic hydroxyl groups is 2. The molecule has 0 heterocycles. The molecule has 2 bridgehead atoms. The van der Waals surface area contributed by atoms with Crippen LogP contribution in [0.2, 0.25) is 0 Å². The van der Waals surface area contributed by atoms with E-state index in [0.29, 0.717) is 36.4 Å². The Morgan fingerprint density at radius 2 is 1.44 bits per heavy atom. The van der Waals surface area contributed by atoms with Gasteiger partial charge in [-0.3, -0.25) is 9.59 Å². The van der Waals surface area contributed by atoms with Crippen LogP contribution >= 0.6 is 0 Å². The first-order valence-corrected chi connectivity index (χ1v) is 22.9. The molecule has 2 N–H and O–H groups in total. The first-order valence-electron chi connectivity index (χ1n) is 22.9. The molecule has 63 heavy (non-hydrogen) atoms. The number of allylic oxidation sites excluding steroid dienone is 4. The number of ether oxygens (including phenoxy) is 2. The van der Waals surface area contributed by atoms with E-state index >= 15 is 4.79 Å². The summed E-state index contributed by atoms with van der Waals surface area (Å²) < 4.78 is 11.1. The molecule has 8 unspecified atom stereocenters. The second kappa shape index (κ2) is 15.3. The van der Waals surface area contributed by atoms with Crippen LogP contribution in [0.5, 0.6) is 11.5 Å². The first-order chi connectivity index (χ1) is 30.4. The lowest BCUT2D eigenvalue weighted by molar-refractivity contribution is -0.178. The van der Waals surface area contributed by atoms with Crippen LogP contribution < -0.4 is 9.47 Å². The number of Topliss-reactive ketones (excluding diaryl/α,β-unsaturated/α-hetero) is 1. The molecule has 324 valence electrons. The number of hydrogen-bond donors (Lipinski definition) is 2. The molecular weight excluding hydrogens is 783 g/mol. The average Bonchev–Trinajstić information content (AvgIpc) is 3.58. The molecule has 6 aliphatic carbocycles. The number of carbonyl (C=O) groups is 2. The van der Waals surface area contributed by atoms with E-state index in [1.54, 1.807) is 14.2 Å². The van der Waals surface area contributed by atoms with Crippen LogP contribution in [0.15, 0.2) is 139 Å². The van der Waals surface area contributed by atoms with Crippen LogP contribution in [0.25, 0.3) is 21.9 Å². The predicted molar refractivity (Wildman–Crippen MR) is 247 cm³/mol. The molecule has 2 spiro atoms.